The molecule has 1 aliphatic rings. The zero-order chi connectivity index (χ0) is 19.6. The molecule has 2 heterocycles. The van der Waals surface area contributed by atoms with Gasteiger partial charge in [-0.1, -0.05) is 33.6 Å². The molecule has 0 saturated carbocycles. The van der Waals surface area contributed by atoms with Crippen LogP contribution in [0, 0.1) is 0 Å². The summed E-state index contributed by atoms with van der Waals surface area (Å²) in [6.45, 7) is 3.21. The van der Waals surface area contributed by atoms with E-state index in [1.807, 2.05) is 24.3 Å². The number of hydrogen-bond acceptors (Lipinski definition) is 6. The minimum absolute atomic E-state index is 0.316. The lowest BCUT2D eigenvalue weighted by atomic mass is 10.1. The van der Waals surface area contributed by atoms with Gasteiger partial charge in [-0.3, -0.25) is 19.3 Å². The number of rotatable bonds is 5. The van der Waals surface area contributed by atoms with Gasteiger partial charge in [0.1, 0.15) is 6.54 Å². The molecule has 1 aliphatic heterocycles. The molecule has 0 atom stereocenters. The maximum atomic E-state index is 12.2. The molecule has 1 fully saturated rings. The molecule has 3 rings (SSSR count). The van der Waals surface area contributed by atoms with E-state index in [4.69, 9.17) is 0 Å². The van der Waals surface area contributed by atoms with Gasteiger partial charge in [0, 0.05) is 22.0 Å². The van der Waals surface area contributed by atoms with Crippen LogP contribution in [0.5, 0.6) is 0 Å². The van der Waals surface area contributed by atoms with Crippen LogP contribution in [0.15, 0.2) is 45.4 Å². The summed E-state index contributed by atoms with van der Waals surface area (Å²) >= 11 is 5.64. The summed E-state index contributed by atoms with van der Waals surface area (Å²) in [6.07, 6.45) is 2.43. The standard InChI is InChI=1S/C18H16BrN3O3S2/c1-10(2)15-16(24)22(18(25)27-15)9-14(23)21-17-20-8-13(26-17)7-11-3-5-12(19)6-4-11/h3-6,8H,7,9H2,1-2H3,(H,20,21,23). The van der Waals surface area contributed by atoms with Crippen molar-refractivity contribution in [1.29, 1.82) is 0 Å². The van der Waals surface area contributed by atoms with Gasteiger partial charge in [0.25, 0.3) is 11.1 Å². The lowest BCUT2D eigenvalue weighted by Crippen LogP contribution is -2.36. The van der Waals surface area contributed by atoms with Crippen LogP contribution in [-0.2, 0) is 16.0 Å². The Morgan fingerprint density at radius 1 is 1.22 bits per heavy atom. The molecule has 9 heteroatoms. The van der Waals surface area contributed by atoms with E-state index in [0.717, 1.165) is 37.1 Å². The Hall–Kier alpha value is -1.97. The van der Waals surface area contributed by atoms with Crippen LogP contribution in [-0.4, -0.2) is 33.5 Å². The fourth-order valence-electron chi connectivity index (χ4n) is 2.40. The molecule has 1 saturated heterocycles. The number of carbonyl (C=O) groups is 3. The van der Waals surface area contributed by atoms with Gasteiger partial charge in [-0.25, -0.2) is 4.98 Å². The van der Waals surface area contributed by atoms with Gasteiger partial charge in [-0.2, -0.15) is 0 Å². The number of carbonyl (C=O) groups excluding carboxylic acids is 3. The second-order valence-electron chi connectivity index (χ2n) is 6.07. The Morgan fingerprint density at radius 3 is 2.56 bits per heavy atom. The van der Waals surface area contributed by atoms with Crippen molar-refractivity contribution in [3.05, 3.63) is 55.9 Å². The first-order valence-corrected chi connectivity index (χ1v) is 10.5. The van der Waals surface area contributed by atoms with Crippen molar-refractivity contribution in [2.75, 3.05) is 11.9 Å². The second kappa shape index (κ2) is 8.37. The number of thioether (sulfide) groups is 1. The Morgan fingerprint density at radius 2 is 1.93 bits per heavy atom. The van der Waals surface area contributed by atoms with Crippen molar-refractivity contribution in [2.24, 2.45) is 0 Å². The van der Waals surface area contributed by atoms with Gasteiger partial charge in [0.05, 0.1) is 4.91 Å². The highest BCUT2D eigenvalue weighted by Crippen LogP contribution is 2.32. The van der Waals surface area contributed by atoms with E-state index < -0.39 is 17.1 Å². The third-order valence-corrected chi connectivity index (χ3v) is 6.32. The lowest BCUT2D eigenvalue weighted by molar-refractivity contribution is -0.127. The maximum absolute atomic E-state index is 12.2. The van der Waals surface area contributed by atoms with E-state index in [0.29, 0.717) is 16.5 Å². The topological polar surface area (TPSA) is 79.4 Å². The molecule has 0 radical (unpaired) electrons. The van der Waals surface area contributed by atoms with E-state index >= 15 is 0 Å². The molecule has 0 bridgehead atoms. The quantitative estimate of drug-likeness (QED) is 0.660. The van der Waals surface area contributed by atoms with E-state index in [1.54, 1.807) is 20.0 Å². The second-order valence-corrected chi connectivity index (χ2v) is 9.06. The van der Waals surface area contributed by atoms with Crippen LogP contribution in [0.3, 0.4) is 0 Å². The maximum Gasteiger partial charge on any atom is 0.294 e. The molecular weight excluding hydrogens is 450 g/mol. The van der Waals surface area contributed by atoms with Gasteiger partial charge in [0.15, 0.2) is 5.13 Å². The number of nitrogens with zero attached hydrogens (tertiary/aromatic N) is 2. The number of thiazole rings is 1. The molecule has 27 heavy (non-hydrogen) atoms. The number of anilines is 1. The number of halogens is 1. The normalized spacial score (nSPS) is 14.0. The lowest BCUT2D eigenvalue weighted by Gasteiger charge is -2.11. The Balaban J connectivity index is 1.60. The average Bonchev–Trinajstić information content (AvgIpc) is 3.16. The number of amides is 3. The van der Waals surface area contributed by atoms with Crippen molar-refractivity contribution in [2.45, 2.75) is 20.3 Å². The third kappa shape index (κ3) is 4.85. The highest BCUT2D eigenvalue weighted by atomic mass is 79.9. The van der Waals surface area contributed by atoms with Gasteiger partial charge in [-0.05, 0) is 43.3 Å². The molecule has 6 nitrogen and oxygen atoms in total. The smallest absolute Gasteiger partial charge is 0.294 e. The Kier molecular flexibility index (Phi) is 6.13. The molecule has 140 valence electrons. The Labute approximate surface area is 173 Å². The van der Waals surface area contributed by atoms with Crippen molar-refractivity contribution < 1.29 is 14.4 Å². The SMILES string of the molecule is CC(C)=C1SC(=O)N(CC(=O)Nc2ncc(Cc3ccc(Br)cc3)s2)C1=O. The molecule has 2 aromatic rings. The van der Waals surface area contributed by atoms with Crippen molar-refractivity contribution in [3.8, 4) is 0 Å². The highest BCUT2D eigenvalue weighted by Gasteiger charge is 2.36. The zero-order valence-electron chi connectivity index (χ0n) is 14.6. The van der Waals surface area contributed by atoms with Crippen LogP contribution < -0.4 is 5.32 Å². The summed E-state index contributed by atoms with van der Waals surface area (Å²) in [5.74, 6) is -0.868. The molecule has 1 N–H and O–H groups in total. The summed E-state index contributed by atoms with van der Waals surface area (Å²) in [4.78, 5) is 42.9. The first kappa shape index (κ1) is 19.8. The number of imide groups is 1. The zero-order valence-corrected chi connectivity index (χ0v) is 17.8. The van der Waals surface area contributed by atoms with Gasteiger partial charge in [0.2, 0.25) is 5.91 Å². The van der Waals surface area contributed by atoms with Crippen LogP contribution in [0.4, 0.5) is 9.93 Å². The van der Waals surface area contributed by atoms with Gasteiger partial charge >= 0.3 is 0 Å². The number of aromatic nitrogens is 1. The van der Waals surface area contributed by atoms with Crippen LogP contribution in [0.1, 0.15) is 24.3 Å². The number of allylic oxidation sites excluding steroid dienone is 1. The minimum atomic E-state index is -0.447. The molecular formula is C18H16BrN3O3S2. The van der Waals surface area contributed by atoms with Crippen LogP contribution >= 0.6 is 39.0 Å². The minimum Gasteiger partial charge on any atom is -0.300 e. The van der Waals surface area contributed by atoms with E-state index in [1.165, 1.54) is 11.3 Å². The summed E-state index contributed by atoms with van der Waals surface area (Å²) in [5.41, 5.74) is 1.90. The van der Waals surface area contributed by atoms with Crippen molar-refractivity contribution in [3.63, 3.8) is 0 Å². The van der Waals surface area contributed by atoms with Crippen LogP contribution in [0.25, 0.3) is 0 Å². The number of hydrogen-bond donors (Lipinski definition) is 1. The summed E-state index contributed by atoms with van der Waals surface area (Å²) in [7, 11) is 0. The average molecular weight is 466 g/mol. The van der Waals surface area contributed by atoms with Crippen molar-refractivity contribution >= 4 is 61.2 Å². The van der Waals surface area contributed by atoms with Crippen LogP contribution in [0.2, 0.25) is 0 Å². The van der Waals surface area contributed by atoms with Gasteiger partial charge in [-0.15, -0.1) is 11.3 Å². The molecule has 0 aliphatic carbocycles. The van der Waals surface area contributed by atoms with Crippen molar-refractivity contribution in [1.82, 2.24) is 9.88 Å². The fraction of sp³-hybridized carbons (Fsp3) is 0.222. The summed E-state index contributed by atoms with van der Waals surface area (Å²) in [5, 5.41) is 2.68. The molecule has 1 aromatic carbocycles. The molecule has 0 spiro atoms. The highest BCUT2D eigenvalue weighted by molar-refractivity contribution is 9.10. The van der Waals surface area contributed by atoms with Gasteiger partial charge < -0.3 is 5.32 Å². The van der Waals surface area contributed by atoms with E-state index in [2.05, 4.69) is 26.2 Å². The molecule has 3 amide bonds. The third-order valence-electron chi connectivity index (χ3n) is 3.70. The predicted molar refractivity (Wildman–Crippen MR) is 111 cm³/mol. The summed E-state index contributed by atoms with van der Waals surface area (Å²) < 4.78 is 1.02. The fourth-order valence-corrected chi connectivity index (χ4v) is 4.36. The molecule has 1 aromatic heterocycles. The largest absolute Gasteiger partial charge is 0.300 e. The number of nitrogens with one attached hydrogen (secondary N) is 1. The first-order chi connectivity index (χ1) is 12.8. The number of benzene rings is 1. The summed E-state index contributed by atoms with van der Waals surface area (Å²) in [6, 6.07) is 7.99. The molecule has 0 unspecified atom stereocenters. The van der Waals surface area contributed by atoms with E-state index in [-0.39, 0.29) is 6.54 Å². The Bertz CT molecular complexity index is 934. The first-order valence-electron chi connectivity index (χ1n) is 8.03. The predicted octanol–water partition coefficient (Wildman–Crippen LogP) is 4.42. The van der Waals surface area contributed by atoms with E-state index in [9.17, 15) is 14.4 Å². The monoisotopic (exact) mass is 465 g/mol.